The summed E-state index contributed by atoms with van der Waals surface area (Å²) in [5.74, 6) is 0.113. The first kappa shape index (κ1) is 23.0. The van der Waals surface area contributed by atoms with Gasteiger partial charge in [0.1, 0.15) is 24.1 Å². The summed E-state index contributed by atoms with van der Waals surface area (Å²) < 4.78 is 24.9. The minimum Gasteiger partial charge on any atom is -0.493 e. The number of benzene rings is 3. The minimum absolute atomic E-state index is 0.0383. The molecule has 162 valence electrons. The molecular formula is C25H20BrFN2O3. The highest BCUT2D eigenvalue weighted by atomic mass is 79.9. The molecule has 0 aliphatic heterocycles. The van der Waals surface area contributed by atoms with E-state index in [4.69, 9.17) is 9.47 Å². The van der Waals surface area contributed by atoms with Gasteiger partial charge in [0.25, 0.3) is 5.91 Å². The van der Waals surface area contributed by atoms with Gasteiger partial charge >= 0.3 is 0 Å². The lowest BCUT2D eigenvalue weighted by Gasteiger charge is -2.13. The van der Waals surface area contributed by atoms with Crippen molar-refractivity contribution in [2.75, 3.05) is 7.11 Å². The van der Waals surface area contributed by atoms with Crippen LogP contribution in [0.4, 0.5) is 4.39 Å². The van der Waals surface area contributed by atoms with Gasteiger partial charge in [-0.3, -0.25) is 4.79 Å². The first-order valence-electron chi connectivity index (χ1n) is 9.69. The number of nitriles is 1. The van der Waals surface area contributed by atoms with Crippen LogP contribution in [-0.4, -0.2) is 13.0 Å². The minimum atomic E-state index is -0.473. The van der Waals surface area contributed by atoms with E-state index in [0.29, 0.717) is 28.1 Å². The van der Waals surface area contributed by atoms with Crippen LogP contribution in [0.25, 0.3) is 6.08 Å². The molecule has 0 atom stereocenters. The molecule has 3 aromatic rings. The second kappa shape index (κ2) is 11.1. The third kappa shape index (κ3) is 6.19. The Morgan fingerprint density at radius 2 is 1.81 bits per heavy atom. The lowest BCUT2D eigenvalue weighted by Crippen LogP contribution is -2.23. The van der Waals surface area contributed by atoms with E-state index in [1.807, 2.05) is 36.4 Å². The van der Waals surface area contributed by atoms with E-state index in [2.05, 4.69) is 21.2 Å². The second-order valence-corrected chi connectivity index (χ2v) is 7.63. The van der Waals surface area contributed by atoms with Crippen LogP contribution in [0.2, 0.25) is 0 Å². The summed E-state index contributed by atoms with van der Waals surface area (Å²) in [7, 11) is 1.50. The highest BCUT2D eigenvalue weighted by molar-refractivity contribution is 9.10. The summed E-state index contributed by atoms with van der Waals surface area (Å²) >= 11 is 3.46. The molecule has 0 saturated heterocycles. The molecule has 0 heterocycles. The number of nitrogens with zero attached hydrogens (tertiary/aromatic N) is 1. The van der Waals surface area contributed by atoms with E-state index in [1.54, 1.807) is 24.3 Å². The zero-order valence-electron chi connectivity index (χ0n) is 17.3. The Balaban J connectivity index is 1.75. The SMILES string of the molecule is COc1cc(/C=C(\C#N)C(=O)NCc2ccccc2)c(Br)cc1OCc1ccc(F)cc1. The predicted molar refractivity (Wildman–Crippen MR) is 123 cm³/mol. The summed E-state index contributed by atoms with van der Waals surface area (Å²) in [5.41, 5.74) is 2.28. The smallest absolute Gasteiger partial charge is 0.262 e. The maximum Gasteiger partial charge on any atom is 0.262 e. The van der Waals surface area contributed by atoms with E-state index >= 15 is 0 Å². The Bertz CT molecular complexity index is 1160. The van der Waals surface area contributed by atoms with Gasteiger partial charge in [0, 0.05) is 11.0 Å². The second-order valence-electron chi connectivity index (χ2n) is 6.78. The van der Waals surface area contributed by atoms with Crippen molar-refractivity contribution in [2.24, 2.45) is 0 Å². The quantitative estimate of drug-likeness (QED) is 0.336. The Morgan fingerprint density at radius 1 is 1.09 bits per heavy atom. The van der Waals surface area contributed by atoms with Crippen LogP contribution in [0, 0.1) is 17.1 Å². The summed E-state index contributed by atoms with van der Waals surface area (Å²) in [6.07, 6.45) is 1.48. The molecule has 5 nitrogen and oxygen atoms in total. The lowest BCUT2D eigenvalue weighted by atomic mass is 10.1. The zero-order chi connectivity index (χ0) is 22.9. The Hall–Kier alpha value is -3.63. The van der Waals surface area contributed by atoms with Crippen molar-refractivity contribution in [1.82, 2.24) is 5.32 Å². The number of halogens is 2. The van der Waals surface area contributed by atoms with Crippen LogP contribution in [0.3, 0.4) is 0 Å². The number of carbonyl (C=O) groups excluding carboxylic acids is 1. The number of carbonyl (C=O) groups is 1. The van der Waals surface area contributed by atoms with Gasteiger partial charge in [0.2, 0.25) is 0 Å². The molecule has 7 heteroatoms. The summed E-state index contributed by atoms with van der Waals surface area (Å²) in [6.45, 7) is 0.545. The Labute approximate surface area is 194 Å². The number of hydrogen-bond acceptors (Lipinski definition) is 4. The molecule has 3 rings (SSSR count). The fourth-order valence-electron chi connectivity index (χ4n) is 2.85. The number of amides is 1. The molecule has 0 bridgehead atoms. The molecule has 0 unspecified atom stereocenters. The Morgan fingerprint density at radius 3 is 2.47 bits per heavy atom. The van der Waals surface area contributed by atoms with E-state index in [-0.39, 0.29) is 18.0 Å². The highest BCUT2D eigenvalue weighted by Crippen LogP contribution is 2.35. The number of methoxy groups -OCH3 is 1. The molecule has 3 aromatic carbocycles. The largest absolute Gasteiger partial charge is 0.493 e. The van der Waals surface area contributed by atoms with Gasteiger partial charge in [-0.15, -0.1) is 0 Å². The molecule has 0 aromatic heterocycles. The van der Waals surface area contributed by atoms with Crippen LogP contribution in [0.1, 0.15) is 16.7 Å². The molecule has 1 amide bonds. The van der Waals surface area contributed by atoms with Crippen molar-refractivity contribution >= 4 is 27.9 Å². The van der Waals surface area contributed by atoms with Crippen LogP contribution in [0.15, 0.2) is 76.8 Å². The standard InChI is InChI=1S/C25H20BrFN2O3/c1-31-23-12-19(11-20(14-28)25(30)29-15-17-5-3-2-4-6-17)22(26)13-24(23)32-16-18-7-9-21(27)10-8-18/h2-13H,15-16H2,1H3,(H,29,30)/b20-11+. The fourth-order valence-corrected chi connectivity index (χ4v) is 3.29. The number of rotatable bonds is 8. The molecule has 32 heavy (non-hydrogen) atoms. The summed E-state index contributed by atoms with van der Waals surface area (Å²) in [5, 5.41) is 12.2. The van der Waals surface area contributed by atoms with Gasteiger partial charge in [-0.1, -0.05) is 58.4 Å². The number of ether oxygens (including phenoxy) is 2. The lowest BCUT2D eigenvalue weighted by molar-refractivity contribution is -0.117. The van der Waals surface area contributed by atoms with Gasteiger partial charge in [-0.05, 0) is 47.0 Å². The summed E-state index contributed by atoms with van der Waals surface area (Å²) in [4.78, 5) is 12.5. The highest BCUT2D eigenvalue weighted by Gasteiger charge is 2.14. The topological polar surface area (TPSA) is 71.3 Å². The van der Waals surface area contributed by atoms with Gasteiger partial charge in [-0.25, -0.2) is 4.39 Å². The molecular weight excluding hydrogens is 475 g/mol. The van der Waals surface area contributed by atoms with Crippen molar-refractivity contribution in [3.8, 4) is 17.6 Å². The zero-order valence-corrected chi connectivity index (χ0v) is 18.9. The van der Waals surface area contributed by atoms with Crippen molar-refractivity contribution < 1.29 is 18.7 Å². The van der Waals surface area contributed by atoms with Crippen LogP contribution in [-0.2, 0) is 17.9 Å². The molecule has 1 N–H and O–H groups in total. The number of hydrogen-bond donors (Lipinski definition) is 1. The van der Waals surface area contributed by atoms with Crippen molar-refractivity contribution in [3.05, 3.63) is 99.3 Å². The van der Waals surface area contributed by atoms with Crippen LogP contribution < -0.4 is 14.8 Å². The van der Waals surface area contributed by atoms with E-state index in [1.165, 1.54) is 25.3 Å². The average molecular weight is 495 g/mol. The third-order valence-electron chi connectivity index (χ3n) is 4.55. The van der Waals surface area contributed by atoms with Gasteiger partial charge < -0.3 is 14.8 Å². The first-order valence-corrected chi connectivity index (χ1v) is 10.5. The maximum absolute atomic E-state index is 13.1. The molecule has 0 aliphatic rings. The van der Waals surface area contributed by atoms with Crippen LogP contribution in [0.5, 0.6) is 11.5 Å². The molecule has 0 aliphatic carbocycles. The fraction of sp³-hybridized carbons (Fsp3) is 0.120. The normalized spacial score (nSPS) is 10.9. The monoisotopic (exact) mass is 494 g/mol. The molecule has 0 fully saturated rings. The van der Waals surface area contributed by atoms with E-state index < -0.39 is 5.91 Å². The van der Waals surface area contributed by atoms with Gasteiger partial charge in [0.15, 0.2) is 11.5 Å². The number of nitrogens with one attached hydrogen (secondary N) is 1. The van der Waals surface area contributed by atoms with Gasteiger partial charge in [-0.2, -0.15) is 5.26 Å². The van der Waals surface area contributed by atoms with Crippen molar-refractivity contribution in [3.63, 3.8) is 0 Å². The average Bonchev–Trinajstić information content (AvgIpc) is 2.82. The first-order chi connectivity index (χ1) is 15.5. The van der Waals surface area contributed by atoms with Crippen LogP contribution >= 0.6 is 15.9 Å². The van der Waals surface area contributed by atoms with Crippen molar-refractivity contribution in [2.45, 2.75) is 13.2 Å². The summed E-state index contributed by atoms with van der Waals surface area (Å²) in [6, 6.07) is 20.8. The van der Waals surface area contributed by atoms with Gasteiger partial charge in [0.05, 0.1) is 7.11 Å². The van der Waals surface area contributed by atoms with E-state index in [0.717, 1.165) is 11.1 Å². The molecule has 0 spiro atoms. The van der Waals surface area contributed by atoms with E-state index in [9.17, 15) is 14.4 Å². The van der Waals surface area contributed by atoms with Crippen molar-refractivity contribution in [1.29, 1.82) is 5.26 Å². The molecule has 0 saturated carbocycles. The predicted octanol–water partition coefficient (Wildman–Crippen LogP) is 5.40. The Kier molecular flexibility index (Phi) is 8.01. The molecule has 0 radical (unpaired) electrons. The maximum atomic E-state index is 13.1. The third-order valence-corrected chi connectivity index (χ3v) is 5.24.